The summed E-state index contributed by atoms with van der Waals surface area (Å²) in [7, 11) is 0. The van der Waals surface area contributed by atoms with Crippen molar-refractivity contribution < 1.29 is 29.0 Å². The normalized spacial score (nSPS) is 12.7. The zero-order valence-corrected chi connectivity index (χ0v) is 12.2. The van der Waals surface area contributed by atoms with Gasteiger partial charge in [-0.15, -0.1) is 0 Å². The molecule has 6 heteroatoms. The van der Waals surface area contributed by atoms with Gasteiger partial charge in [0.05, 0.1) is 13.0 Å². The molecule has 1 atom stereocenters. The summed E-state index contributed by atoms with van der Waals surface area (Å²) in [5, 5.41) is 8.64. The zero-order chi connectivity index (χ0) is 15.5. The molecule has 0 aromatic rings. The fourth-order valence-corrected chi connectivity index (χ4v) is 1.28. The number of hydrogen-bond acceptors (Lipinski definition) is 5. The van der Waals surface area contributed by atoms with E-state index < -0.39 is 24.0 Å². The molecule has 1 N–H and O–H groups in total. The first kappa shape index (κ1) is 18.1. The van der Waals surface area contributed by atoms with Crippen LogP contribution in [0.15, 0.2) is 11.6 Å². The molecule has 0 saturated carbocycles. The third kappa shape index (κ3) is 8.29. The zero-order valence-electron chi connectivity index (χ0n) is 12.2. The van der Waals surface area contributed by atoms with E-state index in [0.717, 1.165) is 18.9 Å². The van der Waals surface area contributed by atoms with Crippen LogP contribution in [-0.4, -0.2) is 35.7 Å². The number of carbonyl (C=O) groups excluding carboxylic acids is 2. The molecule has 0 heterocycles. The minimum Gasteiger partial charge on any atom is -0.478 e. The predicted molar refractivity (Wildman–Crippen MR) is 72.0 cm³/mol. The Bertz CT molecular complexity index is 372. The van der Waals surface area contributed by atoms with Crippen LogP contribution >= 0.6 is 0 Å². The topological polar surface area (TPSA) is 89.9 Å². The summed E-state index contributed by atoms with van der Waals surface area (Å²) in [6.07, 6.45) is 2.45. The molecular formula is C14H22O6. The van der Waals surface area contributed by atoms with Gasteiger partial charge in [-0.1, -0.05) is 20.3 Å². The molecule has 0 spiro atoms. The van der Waals surface area contributed by atoms with Crippen LogP contribution in [0.25, 0.3) is 0 Å². The maximum Gasteiger partial charge on any atom is 0.331 e. The lowest BCUT2D eigenvalue weighted by molar-refractivity contribution is -0.152. The van der Waals surface area contributed by atoms with Gasteiger partial charge in [0.1, 0.15) is 6.10 Å². The number of rotatable bonds is 9. The average Bonchev–Trinajstić information content (AvgIpc) is 2.37. The summed E-state index contributed by atoms with van der Waals surface area (Å²) in [5.41, 5.74) is -0.115. The number of ether oxygens (including phenoxy) is 2. The molecule has 0 aliphatic heterocycles. The van der Waals surface area contributed by atoms with E-state index >= 15 is 0 Å². The van der Waals surface area contributed by atoms with Gasteiger partial charge in [0.2, 0.25) is 0 Å². The van der Waals surface area contributed by atoms with E-state index in [4.69, 9.17) is 14.6 Å². The number of hydrogen-bond donors (Lipinski definition) is 1. The van der Waals surface area contributed by atoms with Crippen LogP contribution in [0.5, 0.6) is 0 Å². The Kier molecular flexibility index (Phi) is 9.07. The van der Waals surface area contributed by atoms with Gasteiger partial charge in [0.15, 0.2) is 0 Å². The third-order valence-electron chi connectivity index (χ3n) is 2.57. The first-order valence-electron chi connectivity index (χ1n) is 6.68. The Morgan fingerprint density at radius 1 is 1.25 bits per heavy atom. The van der Waals surface area contributed by atoms with Crippen molar-refractivity contribution >= 4 is 17.9 Å². The predicted octanol–water partition coefficient (Wildman–Crippen LogP) is 2.07. The molecule has 0 aliphatic rings. The van der Waals surface area contributed by atoms with Crippen LogP contribution in [-0.2, 0) is 23.9 Å². The number of carboxylic acids is 1. The standard InChI is InChI=1S/C14H22O6/c1-4-6-7-19-12(15)9-11(5-2)20-13(16)8-10(3)14(17)18/h8,11H,4-7,9H2,1-3H3,(H,17,18)/b10-8-. The first-order valence-corrected chi connectivity index (χ1v) is 6.68. The van der Waals surface area contributed by atoms with Crippen molar-refractivity contribution in [3.8, 4) is 0 Å². The van der Waals surface area contributed by atoms with Crippen LogP contribution < -0.4 is 0 Å². The molecular weight excluding hydrogens is 264 g/mol. The molecule has 0 aliphatic carbocycles. The SMILES string of the molecule is CCCCOC(=O)CC(CC)OC(=O)/C=C(/C)C(=O)O. The summed E-state index contributed by atoms with van der Waals surface area (Å²) in [6, 6.07) is 0. The van der Waals surface area contributed by atoms with Crippen molar-refractivity contribution in [2.75, 3.05) is 6.61 Å². The van der Waals surface area contributed by atoms with Crippen LogP contribution in [0.3, 0.4) is 0 Å². The average molecular weight is 286 g/mol. The number of aliphatic carboxylic acids is 1. The molecule has 6 nitrogen and oxygen atoms in total. The second-order valence-corrected chi connectivity index (χ2v) is 4.38. The Labute approximate surface area is 118 Å². The van der Waals surface area contributed by atoms with Crippen molar-refractivity contribution in [2.45, 2.75) is 52.6 Å². The smallest absolute Gasteiger partial charge is 0.331 e. The number of unbranched alkanes of at least 4 members (excludes halogenated alkanes) is 1. The van der Waals surface area contributed by atoms with Crippen molar-refractivity contribution in [3.05, 3.63) is 11.6 Å². The Balaban J connectivity index is 4.27. The lowest BCUT2D eigenvalue weighted by Crippen LogP contribution is -2.22. The van der Waals surface area contributed by atoms with E-state index in [1.807, 2.05) is 6.92 Å². The molecule has 0 bridgehead atoms. The second-order valence-electron chi connectivity index (χ2n) is 4.38. The van der Waals surface area contributed by atoms with Crippen LogP contribution in [0.1, 0.15) is 46.5 Å². The number of carboxylic acid groups (broad SMARTS) is 1. The molecule has 1 unspecified atom stereocenters. The fourth-order valence-electron chi connectivity index (χ4n) is 1.28. The van der Waals surface area contributed by atoms with Crippen molar-refractivity contribution in [1.82, 2.24) is 0 Å². The Morgan fingerprint density at radius 3 is 2.40 bits per heavy atom. The number of carbonyl (C=O) groups is 3. The van der Waals surface area contributed by atoms with Gasteiger partial charge in [-0.25, -0.2) is 9.59 Å². The van der Waals surface area contributed by atoms with Crippen LogP contribution in [0, 0.1) is 0 Å². The van der Waals surface area contributed by atoms with Crippen molar-refractivity contribution in [3.63, 3.8) is 0 Å². The molecule has 0 radical (unpaired) electrons. The second kappa shape index (κ2) is 10.00. The summed E-state index contributed by atoms with van der Waals surface area (Å²) in [4.78, 5) is 33.5. The van der Waals surface area contributed by atoms with Gasteiger partial charge in [-0.2, -0.15) is 0 Å². The van der Waals surface area contributed by atoms with Gasteiger partial charge >= 0.3 is 17.9 Å². The monoisotopic (exact) mass is 286 g/mol. The van der Waals surface area contributed by atoms with Gasteiger partial charge in [0, 0.05) is 11.6 Å². The van der Waals surface area contributed by atoms with E-state index in [0.29, 0.717) is 13.0 Å². The highest BCUT2D eigenvalue weighted by molar-refractivity contribution is 5.94. The van der Waals surface area contributed by atoms with Gasteiger partial charge < -0.3 is 14.6 Å². The number of esters is 2. The molecule has 0 aromatic carbocycles. The summed E-state index contributed by atoms with van der Waals surface area (Å²) in [6.45, 7) is 5.41. The van der Waals surface area contributed by atoms with E-state index in [9.17, 15) is 14.4 Å². The highest BCUT2D eigenvalue weighted by Gasteiger charge is 2.17. The van der Waals surface area contributed by atoms with E-state index in [2.05, 4.69) is 0 Å². The summed E-state index contributed by atoms with van der Waals surface area (Å²) < 4.78 is 9.99. The molecule has 20 heavy (non-hydrogen) atoms. The maximum atomic E-state index is 11.5. The fraction of sp³-hybridized carbons (Fsp3) is 0.643. The van der Waals surface area contributed by atoms with Gasteiger partial charge in [-0.3, -0.25) is 4.79 Å². The minimum absolute atomic E-state index is 0.0219. The van der Waals surface area contributed by atoms with Gasteiger partial charge in [-0.05, 0) is 19.8 Å². The Hall–Kier alpha value is -1.85. The van der Waals surface area contributed by atoms with Crippen molar-refractivity contribution in [1.29, 1.82) is 0 Å². The van der Waals surface area contributed by atoms with Gasteiger partial charge in [0.25, 0.3) is 0 Å². The van der Waals surface area contributed by atoms with Crippen LogP contribution in [0.2, 0.25) is 0 Å². The molecule has 114 valence electrons. The van der Waals surface area contributed by atoms with E-state index in [1.165, 1.54) is 6.92 Å². The lowest BCUT2D eigenvalue weighted by Gasteiger charge is -2.14. The minimum atomic E-state index is -1.19. The summed E-state index contributed by atoms with van der Waals surface area (Å²) >= 11 is 0. The largest absolute Gasteiger partial charge is 0.478 e. The first-order chi connectivity index (χ1) is 9.40. The quantitative estimate of drug-likeness (QED) is 0.396. The molecule has 0 aromatic heterocycles. The molecule has 0 amide bonds. The molecule has 0 fully saturated rings. The van der Waals surface area contributed by atoms with Crippen LogP contribution in [0.4, 0.5) is 0 Å². The highest BCUT2D eigenvalue weighted by atomic mass is 16.6. The summed E-state index contributed by atoms with van der Waals surface area (Å²) in [5.74, 6) is -2.37. The maximum absolute atomic E-state index is 11.5. The highest BCUT2D eigenvalue weighted by Crippen LogP contribution is 2.07. The Morgan fingerprint density at radius 2 is 1.90 bits per heavy atom. The van der Waals surface area contributed by atoms with E-state index in [1.54, 1.807) is 6.92 Å². The molecule has 0 saturated heterocycles. The third-order valence-corrected chi connectivity index (χ3v) is 2.57. The molecule has 0 rings (SSSR count). The van der Waals surface area contributed by atoms with E-state index in [-0.39, 0.29) is 12.0 Å². The van der Waals surface area contributed by atoms with Crippen molar-refractivity contribution in [2.24, 2.45) is 0 Å². The lowest BCUT2D eigenvalue weighted by atomic mass is 10.2.